The number of unbranched alkanes of at least 4 members (excludes halogenated alkanes) is 2. The first-order chi connectivity index (χ1) is 7.86. The predicted octanol–water partition coefficient (Wildman–Crippen LogP) is 2.26. The molecule has 0 saturated heterocycles. The largest absolute Gasteiger partial charge is 0.494 e. The predicted molar refractivity (Wildman–Crippen MR) is 64.2 cm³/mol. The van der Waals surface area contributed by atoms with Crippen LogP contribution in [0.3, 0.4) is 0 Å². The lowest BCUT2D eigenvalue weighted by atomic mass is 10.1. The molecular formula is C13H18N2O. The summed E-state index contributed by atoms with van der Waals surface area (Å²) in [5.41, 5.74) is 6.70. The smallest absolute Gasteiger partial charge is 0.119 e. The summed E-state index contributed by atoms with van der Waals surface area (Å²) in [6.07, 6.45) is 3.35. The van der Waals surface area contributed by atoms with Gasteiger partial charge in [0.25, 0.3) is 0 Å². The number of rotatable bonds is 7. The monoisotopic (exact) mass is 218 g/mol. The minimum absolute atomic E-state index is 0.610. The SMILES string of the molecule is N#CCCCCOc1ccc(CCN)cc1. The molecule has 86 valence electrons. The Bertz CT molecular complexity index is 327. The lowest BCUT2D eigenvalue weighted by Gasteiger charge is -2.06. The van der Waals surface area contributed by atoms with E-state index in [9.17, 15) is 0 Å². The molecule has 0 aliphatic carbocycles. The van der Waals surface area contributed by atoms with Crippen LogP contribution in [-0.2, 0) is 6.42 Å². The Labute approximate surface area is 96.8 Å². The zero-order valence-electron chi connectivity index (χ0n) is 9.48. The zero-order valence-corrected chi connectivity index (χ0v) is 9.48. The summed E-state index contributed by atoms with van der Waals surface area (Å²) in [6.45, 7) is 1.35. The molecule has 0 heterocycles. The van der Waals surface area contributed by atoms with Crippen LogP contribution in [0.25, 0.3) is 0 Å². The number of ether oxygens (including phenoxy) is 1. The van der Waals surface area contributed by atoms with Gasteiger partial charge in [0.2, 0.25) is 0 Å². The molecule has 0 spiro atoms. The van der Waals surface area contributed by atoms with Crippen molar-refractivity contribution in [3.05, 3.63) is 29.8 Å². The van der Waals surface area contributed by atoms with Gasteiger partial charge in [0.15, 0.2) is 0 Å². The second-order valence-corrected chi connectivity index (χ2v) is 3.65. The van der Waals surface area contributed by atoms with Crippen molar-refractivity contribution < 1.29 is 4.74 Å². The van der Waals surface area contributed by atoms with Gasteiger partial charge >= 0.3 is 0 Å². The second kappa shape index (κ2) is 7.72. The van der Waals surface area contributed by atoms with Crippen LogP contribution in [0.4, 0.5) is 0 Å². The van der Waals surface area contributed by atoms with Crippen LogP contribution in [0.2, 0.25) is 0 Å². The molecule has 0 unspecified atom stereocenters. The summed E-state index contributed by atoms with van der Waals surface area (Å²) < 4.78 is 5.55. The van der Waals surface area contributed by atoms with Gasteiger partial charge in [0, 0.05) is 6.42 Å². The van der Waals surface area contributed by atoms with Gasteiger partial charge in [0.1, 0.15) is 5.75 Å². The van der Waals surface area contributed by atoms with Gasteiger partial charge in [-0.15, -0.1) is 0 Å². The third kappa shape index (κ3) is 4.81. The standard InChI is InChI=1S/C13H18N2O/c14-9-2-1-3-11-16-13-6-4-12(5-7-13)8-10-15/h4-7H,1-3,8,10-11,15H2. The summed E-state index contributed by atoms with van der Waals surface area (Å²) in [5, 5.41) is 8.36. The Morgan fingerprint density at radius 3 is 2.56 bits per heavy atom. The zero-order chi connectivity index (χ0) is 11.6. The Hall–Kier alpha value is -1.53. The van der Waals surface area contributed by atoms with Crippen molar-refractivity contribution >= 4 is 0 Å². The van der Waals surface area contributed by atoms with E-state index < -0.39 is 0 Å². The first-order valence-corrected chi connectivity index (χ1v) is 5.65. The highest BCUT2D eigenvalue weighted by molar-refractivity contribution is 5.27. The summed E-state index contributed by atoms with van der Waals surface area (Å²) in [4.78, 5) is 0. The van der Waals surface area contributed by atoms with Crippen LogP contribution in [0.5, 0.6) is 5.75 Å². The lowest BCUT2D eigenvalue weighted by Crippen LogP contribution is -2.02. The molecule has 0 fully saturated rings. The van der Waals surface area contributed by atoms with Crippen LogP contribution >= 0.6 is 0 Å². The molecule has 3 heteroatoms. The highest BCUT2D eigenvalue weighted by Crippen LogP contribution is 2.12. The van der Waals surface area contributed by atoms with E-state index in [1.54, 1.807) is 0 Å². The molecular weight excluding hydrogens is 200 g/mol. The maximum atomic E-state index is 8.36. The second-order valence-electron chi connectivity index (χ2n) is 3.65. The molecule has 3 nitrogen and oxygen atoms in total. The molecule has 0 radical (unpaired) electrons. The van der Waals surface area contributed by atoms with Crippen molar-refractivity contribution in [3.63, 3.8) is 0 Å². The van der Waals surface area contributed by atoms with Crippen LogP contribution < -0.4 is 10.5 Å². The molecule has 0 saturated carbocycles. The summed E-state index contributed by atoms with van der Waals surface area (Å²) in [5.74, 6) is 0.887. The summed E-state index contributed by atoms with van der Waals surface area (Å²) in [7, 11) is 0. The van der Waals surface area contributed by atoms with Gasteiger partial charge in [-0.2, -0.15) is 5.26 Å². The van der Waals surface area contributed by atoms with Crippen LogP contribution in [0.1, 0.15) is 24.8 Å². The quantitative estimate of drug-likeness (QED) is 0.714. The fourth-order valence-corrected chi connectivity index (χ4v) is 1.42. The van der Waals surface area contributed by atoms with E-state index in [4.69, 9.17) is 15.7 Å². The third-order valence-electron chi connectivity index (χ3n) is 2.31. The van der Waals surface area contributed by atoms with E-state index in [-0.39, 0.29) is 0 Å². The van der Waals surface area contributed by atoms with E-state index in [0.717, 1.165) is 25.0 Å². The molecule has 2 N–H and O–H groups in total. The highest BCUT2D eigenvalue weighted by atomic mass is 16.5. The molecule has 0 amide bonds. The van der Waals surface area contributed by atoms with E-state index in [1.807, 2.05) is 24.3 Å². The van der Waals surface area contributed by atoms with Gasteiger partial charge in [-0.1, -0.05) is 12.1 Å². The summed E-state index contributed by atoms with van der Waals surface area (Å²) in [6, 6.07) is 10.1. The van der Waals surface area contributed by atoms with Gasteiger partial charge in [-0.05, 0) is 43.5 Å². The number of nitrogens with two attached hydrogens (primary N) is 1. The molecule has 0 aliphatic rings. The Morgan fingerprint density at radius 2 is 1.94 bits per heavy atom. The van der Waals surface area contributed by atoms with Gasteiger partial charge < -0.3 is 10.5 Å². The molecule has 16 heavy (non-hydrogen) atoms. The van der Waals surface area contributed by atoms with Crippen molar-refractivity contribution in [2.45, 2.75) is 25.7 Å². The van der Waals surface area contributed by atoms with E-state index in [2.05, 4.69) is 6.07 Å². The number of hydrogen-bond donors (Lipinski definition) is 1. The van der Waals surface area contributed by atoms with Gasteiger partial charge in [-0.25, -0.2) is 0 Å². The topological polar surface area (TPSA) is 59.0 Å². The number of hydrogen-bond acceptors (Lipinski definition) is 3. The molecule has 0 aliphatic heterocycles. The minimum Gasteiger partial charge on any atom is -0.494 e. The number of benzene rings is 1. The fraction of sp³-hybridized carbons (Fsp3) is 0.462. The normalized spacial score (nSPS) is 9.75. The van der Waals surface area contributed by atoms with E-state index >= 15 is 0 Å². The average Bonchev–Trinajstić information content (AvgIpc) is 2.31. The van der Waals surface area contributed by atoms with Crippen molar-refractivity contribution in [2.24, 2.45) is 5.73 Å². The third-order valence-corrected chi connectivity index (χ3v) is 2.31. The fourth-order valence-electron chi connectivity index (χ4n) is 1.42. The van der Waals surface area contributed by atoms with Gasteiger partial charge in [-0.3, -0.25) is 0 Å². The van der Waals surface area contributed by atoms with Crippen molar-refractivity contribution in [1.29, 1.82) is 5.26 Å². The van der Waals surface area contributed by atoms with Gasteiger partial charge in [0.05, 0.1) is 12.7 Å². The summed E-state index contributed by atoms with van der Waals surface area (Å²) >= 11 is 0. The van der Waals surface area contributed by atoms with Crippen LogP contribution in [0.15, 0.2) is 24.3 Å². The number of nitriles is 1. The maximum absolute atomic E-state index is 8.36. The molecule has 1 aromatic rings. The molecule has 0 atom stereocenters. The Morgan fingerprint density at radius 1 is 1.19 bits per heavy atom. The number of nitrogens with zero attached hydrogens (tertiary/aromatic N) is 1. The Balaban J connectivity index is 2.24. The molecule has 0 aromatic heterocycles. The lowest BCUT2D eigenvalue weighted by molar-refractivity contribution is 0.307. The average molecular weight is 218 g/mol. The molecule has 0 bridgehead atoms. The van der Waals surface area contributed by atoms with Crippen molar-refractivity contribution in [2.75, 3.05) is 13.2 Å². The van der Waals surface area contributed by atoms with Crippen molar-refractivity contribution in [1.82, 2.24) is 0 Å². The first kappa shape index (κ1) is 12.5. The maximum Gasteiger partial charge on any atom is 0.119 e. The Kier molecular flexibility index (Phi) is 6.05. The van der Waals surface area contributed by atoms with Crippen LogP contribution in [-0.4, -0.2) is 13.2 Å². The molecule has 1 aromatic carbocycles. The van der Waals surface area contributed by atoms with Crippen molar-refractivity contribution in [3.8, 4) is 11.8 Å². The van der Waals surface area contributed by atoms with E-state index in [0.29, 0.717) is 19.6 Å². The first-order valence-electron chi connectivity index (χ1n) is 5.65. The van der Waals surface area contributed by atoms with Crippen LogP contribution in [0, 0.1) is 11.3 Å². The minimum atomic E-state index is 0.610. The highest BCUT2D eigenvalue weighted by Gasteiger charge is 1.95. The molecule has 1 rings (SSSR count). The van der Waals surface area contributed by atoms with E-state index in [1.165, 1.54) is 5.56 Å².